The number of halogens is 2. The summed E-state index contributed by atoms with van der Waals surface area (Å²) in [5.74, 6) is 0.169. The van der Waals surface area contributed by atoms with Crippen LogP contribution < -0.4 is 11.1 Å². The summed E-state index contributed by atoms with van der Waals surface area (Å²) in [7, 11) is 0. The number of benzene rings is 2. The van der Waals surface area contributed by atoms with Crippen molar-refractivity contribution in [3.8, 4) is 11.3 Å². The van der Waals surface area contributed by atoms with E-state index in [4.69, 9.17) is 38.7 Å². The third-order valence-corrected chi connectivity index (χ3v) is 8.95. The average molecular weight is 611 g/mol. The fraction of sp³-hybridized carbons (Fsp3) is 0.438. The standard InChI is InChI=1S/C32H37Cl2N5O3/c1-20(40)39(23-15-16-36-29(17-23)32(41)42-24-5-2-3-6-24)19-21-9-11-22(12-10-21)30-18-37-31(35)28(38-30)14-13-25-26(33)7-4-8-27(25)34/h4,7-12,18,23-24,29,36H,2-3,5-6,13-17,19H2,1H3,(H2,35,37)/t23?,29-/m1/s1. The number of nitrogen functional groups attached to an aromatic ring is 1. The van der Waals surface area contributed by atoms with Crippen LogP contribution in [0, 0.1) is 0 Å². The number of rotatable bonds is 9. The van der Waals surface area contributed by atoms with Gasteiger partial charge in [0.05, 0.1) is 17.6 Å². The maximum atomic E-state index is 12.8. The molecule has 3 aromatic rings. The third kappa shape index (κ3) is 7.41. The van der Waals surface area contributed by atoms with Crippen molar-refractivity contribution < 1.29 is 14.3 Å². The van der Waals surface area contributed by atoms with Gasteiger partial charge < -0.3 is 20.7 Å². The molecule has 2 heterocycles. The van der Waals surface area contributed by atoms with Crippen molar-refractivity contribution in [2.75, 3.05) is 12.3 Å². The van der Waals surface area contributed by atoms with E-state index < -0.39 is 0 Å². The number of ether oxygens (including phenoxy) is 1. The highest BCUT2D eigenvalue weighted by Crippen LogP contribution is 2.28. The Kier molecular flexibility index (Phi) is 9.98. The van der Waals surface area contributed by atoms with Gasteiger partial charge in [-0.1, -0.05) is 53.5 Å². The first-order chi connectivity index (χ1) is 20.3. The van der Waals surface area contributed by atoms with Gasteiger partial charge in [-0.05, 0) is 81.2 Å². The summed E-state index contributed by atoms with van der Waals surface area (Å²) in [6.45, 7) is 2.71. The zero-order valence-corrected chi connectivity index (χ0v) is 25.3. The number of nitrogens with zero attached hydrogens (tertiary/aromatic N) is 3. The number of esters is 1. The lowest BCUT2D eigenvalue weighted by Gasteiger charge is -2.37. The number of hydrogen-bond donors (Lipinski definition) is 2. The largest absolute Gasteiger partial charge is 0.461 e. The predicted octanol–water partition coefficient (Wildman–Crippen LogP) is 5.77. The molecule has 0 bridgehead atoms. The summed E-state index contributed by atoms with van der Waals surface area (Å²) in [5, 5.41) is 4.52. The van der Waals surface area contributed by atoms with Crippen LogP contribution in [-0.2, 0) is 33.7 Å². The third-order valence-electron chi connectivity index (χ3n) is 8.24. The zero-order chi connectivity index (χ0) is 29.6. The molecule has 2 fully saturated rings. The van der Waals surface area contributed by atoms with Gasteiger partial charge in [-0.3, -0.25) is 9.59 Å². The van der Waals surface area contributed by atoms with Crippen LogP contribution >= 0.6 is 23.2 Å². The molecule has 0 spiro atoms. The summed E-state index contributed by atoms with van der Waals surface area (Å²) in [6, 6.07) is 13.0. The van der Waals surface area contributed by atoms with Crippen molar-refractivity contribution in [3.63, 3.8) is 0 Å². The molecular weight excluding hydrogens is 573 g/mol. The van der Waals surface area contributed by atoms with Crippen LogP contribution in [0.4, 0.5) is 5.82 Å². The van der Waals surface area contributed by atoms with Crippen LogP contribution in [0.5, 0.6) is 0 Å². The molecule has 1 aromatic heterocycles. The second-order valence-electron chi connectivity index (χ2n) is 11.2. The lowest BCUT2D eigenvalue weighted by molar-refractivity contribution is -0.153. The van der Waals surface area contributed by atoms with Gasteiger partial charge in [0.25, 0.3) is 0 Å². The SMILES string of the molecule is CC(=O)N(Cc1ccc(-c2cnc(N)c(CCc3c(Cl)cccc3Cl)n2)cc1)C1CCN[C@@H](C(=O)OC2CCCC2)C1. The molecule has 2 atom stereocenters. The summed E-state index contributed by atoms with van der Waals surface area (Å²) >= 11 is 12.7. The Morgan fingerprint density at radius 1 is 1.05 bits per heavy atom. The fourth-order valence-electron chi connectivity index (χ4n) is 5.86. The Bertz CT molecular complexity index is 1390. The molecule has 10 heteroatoms. The topological polar surface area (TPSA) is 110 Å². The van der Waals surface area contributed by atoms with Crippen molar-refractivity contribution in [2.45, 2.75) is 83.0 Å². The number of aryl methyl sites for hydroxylation is 1. The van der Waals surface area contributed by atoms with Gasteiger partial charge >= 0.3 is 5.97 Å². The summed E-state index contributed by atoms with van der Waals surface area (Å²) in [6.07, 6.45) is 8.28. The first-order valence-electron chi connectivity index (χ1n) is 14.6. The predicted molar refractivity (Wildman–Crippen MR) is 165 cm³/mol. The highest BCUT2D eigenvalue weighted by molar-refractivity contribution is 6.36. The maximum absolute atomic E-state index is 12.8. The monoisotopic (exact) mass is 609 g/mol. The van der Waals surface area contributed by atoms with Gasteiger partial charge in [0.2, 0.25) is 5.91 Å². The van der Waals surface area contributed by atoms with E-state index >= 15 is 0 Å². The molecule has 1 aliphatic heterocycles. The Hall–Kier alpha value is -3.20. The number of nitrogens with two attached hydrogens (primary N) is 1. The fourth-order valence-corrected chi connectivity index (χ4v) is 6.45. The Morgan fingerprint density at radius 3 is 2.45 bits per heavy atom. The molecule has 8 nitrogen and oxygen atoms in total. The highest BCUT2D eigenvalue weighted by Gasteiger charge is 2.34. The molecule has 2 aromatic carbocycles. The van der Waals surface area contributed by atoms with Crippen LogP contribution in [-0.4, -0.2) is 51.5 Å². The number of amides is 1. The quantitative estimate of drug-likeness (QED) is 0.296. The van der Waals surface area contributed by atoms with Gasteiger partial charge in [-0.25, -0.2) is 9.97 Å². The molecule has 3 N–H and O–H groups in total. The Labute approximate surface area is 257 Å². The number of hydrogen-bond acceptors (Lipinski definition) is 7. The van der Waals surface area contributed by atoms with Gasteiger partial charge in [-0.15, -0.1) is 0 Å². The minimum atomic E-state index is -0.388. The molecule has 5 rings (SSSR count). The molecule has 0 radical (unpaired) electrons. The van der Waals surface area contributed by atoms with Crippen molar-refractivity contribution in [1.29, 1.82) is 0 Å². The molecular formula is C32H37Cl2N5O3. The lowest BCUT2D eigenvalue weighted by Crippen LogP contribution is -2.52. The molecule has 1 aliphatic carbocycles. The van der Waals surface area contributed by atoms with E-state index in [0.29, 0.717) is 59.6 Å². The van der Waals surface area contributed by atoms with E-state index in [-0.39, 0.29) is 30.1 Å². The van der Waals surface area contributed by atoms with Crippen LogP contribution in [0.2, 0.25) is 10.0 Å². The zero-order valence-electron chi connectivity index (χ0n) is 23.8. The van der Waals surface area contributed by atoms with E-state index in [1.54, 1.807) is 13.1 Å². The molecule has 222 valence electrons. The maximum Gasteiger partial charge on any atom is 0.323 e. The number of carbonyl (C=O) groups is 2. The van der Waals surface area contributed by atoms with Crippen molar-refractivity contribution in [2.24, 2.45) is 0 Å². The van der Waals surface area contributed by atoms with E-state index in [1.807, 2.05) is 47.4 Å². The smallest absolute Gasteiger partial charge is 0.323 e. The molecule has 1 saturated carbocycles. The van der Waals surface area contributed by atoms with Gasteiger partial charge in [0.15, 0.2) is 0 Å². The van der Waals surface area contributed by atoms with Crippen LogP contribution in [0.1, 0.15) is 62.3 Å². The molecule has 1 unspecified atom stereocenters. The van der Waals surface area contributed by atoms with Crippen molar-refractivity contribution in [3.05, 3.63) is 75.5 Å². The van der Waals surface area contributed by atoms with E-state index in [2.05, 4.69) is 10.3 Å². The number of anilines is 1. The van der Waals surface area contributed by atoms with Gasteiger partial charge in [0.1, 0.15) is 18.0 Å². The molecule has 1 saturated heterocycles. The average Bonchev–Trinajstić information content (AvgIpc) is 3.50. The van der Waals surface area contributed by atoms with E-state index in [9.17, 15) is 9.59 Å². The van der Waals surface area contributed by atoms with Crippen LogP contribution in [0.15, 0.2) is 48.7 Å². The number of aromatic nitrogens is 2. The van der Waals surface area contributed by atoms with E-state index in [1.165, 1.54) is 0 Å². The van der Waals surface area contributed by atoms with Crippen molar-refractivity contribution in [1.82, 2.24) is 20.2 Å². The summed E-state index contributed by atoms with van der Waals surface area (Å²) < 4.78 is 5.74. The highest BCUT2D eigenvalue weighted by atomic mass is 35.5. The first-order valence-corrected chi connectivity index (χ1v) is 15.4. The number of carbonyl (C=O) groups excluding carboxylic acids is 2. The van der Waals surface area contributed by atoms with Crippen LogP contribution in [0.3, 0.4) is 0 Å². The van der Waals surface area contributed by atoms with E-state index in [0.717, 1.165) is 48.8 Å². The Balaban J connectivity index is 1.23. The molecule has 1 amide bonds. The van der Waals surface area contributed by atoms with Gasteiger partial charge in [-0.2, -0.15) is 0 Å². The first kappa shape index (κ1) is 30.3. The molecule has 42 heavy (non-hydrogen) atoms. The second-order valence-corrected chi connectivity index (χ2v) is 12.0. The lowest BCUT2D eigenvalue weighted by atomic mass is 9.97. The van der Waals surface area contributed by atoms with Gasteiger partial charge in [0, 0.05) is 35.1 Å². The minimum absolute atomic E-state index is 0.0125. The number of nitrogens with one attached hydrogen (secondary N) is 1. The summed E-state index contributed by atoms with van der Waals surface area (Å²) in [4.78, 5) is 36.5. The van der Waals surface area contributed by atoms with Crippen LogP contribution in [0.25, 0.3) is 11.3 Å². The molecule has 2 aliphatic rings. The normalized spacial score (nSPS) is 19.0. The minimum Gasteiger partial charge on any atom is -0.461 e. The van der Waals surface area contributed by atoms with Crippen molar-refractivity contribution >= 4 is 40.9 Å². The second kappa shape index (κ2) is 13.8. The number of piperidine rings is 1. The Morgan fingerprint density at radius 2 is 1.76 bits per heavy atom. The summed E-state index contributed by atoms with van der Waals surface area (Å²) in [5.41, 5.74) is 10.3.